The number of hydrogen-bond acceptors (Lipinski definition) is 6. The quantitative estimate of drug-likeness (QED) is 0.296. The van der Waals surface area contributed by atoms with Gasteiger partial charge >= 0.3 is 5.97 Å². The van der Waals surface area contributed by atoms with E-state index >= 15 is 0 Å². The van der Waals surface area contributed by atoms with Gasteiger partial charge in [-0.05, 0) is 64.1 Å². The molecule has 0 unspecified atom stereocenters. The first kappa shape index (κ1) is 23.0. The zero-order valence-electron chi connectivity index (χ0n) is 16.3. The Kier molecular flexibility index (Phi) is 8.49. The first-order valence-corrected chi connectivity index (χ1v) is 9.70. The minimum Gasteiger partial charge on any atom is -0.497 e. The second-order valence-corrected chi connectivity index (χ2v) is 7.08. The molecule has 0 aliphatic heterocycles. The van der Waals surface area contributed by atoms with E-state index in [0.717, 1.165) is 5.56 Å². The Labute approximate surface area is 187 Å². The maximum atomic E-state index is 12.4. The summed E-state index contributed by atoms with van der Waals surface area (Å²) >= 11 is 1.97. The van der Waals surface area contributed by atoms with Gasteiger partial charge in [0, 0.05) is 6.54 Å². The van der Waals surface area contributed by atoms with Gasteiger partial charge in [0.25, 0.3) is 5.91 Å². The number of nitrogens with zero attached hydrogens (tertiary/aromatic N) is 1. The predicted octanol–water partition coefficient (Wildman–Crippen LogP) is 3.00. The Morgan fingerprint density at radius 3 is 2.47 bits per heavy atom. The molecule has 0 aliphatic rings. The van der Waals surface area contributed by atoms with Gasteiger partial charge in [-0.1, -0.05) is 12.1 Å². The summed E-state index contributed by atoms with van der Waals surface area (Å²) in [7, 11) is 2.99. The fourth-order valence-corrected chi connectivity index (χ4v) is 3.21. The van der Waals surface area contributed by atoms with Gasteiger partial charge in [-0.2, -0.15) is 5.26 Å². The topological polar surface area (TPSA) is 118 Å². The van der Waals surface area contributed by atoms with Crippen molar-refractivity contribution >= 4 is 40.5 Å². The SMILES string of the molecule is COc1ccc(CNC(=O)/C(C#N)=C\c2cc(I)c(OCC(=O)O)c(OC)c2)cc1. The van der Waals surface area contributed by atoms with Crippen LogP contribution in [0.4, 0.5) is 0 Å². The van der Waals surface area contributed by atoms with Crippen LogP contribution in [-0.2, 0) is 16.1 Å². The van der Waals surface area contributed by atoms with Gasteiger partial charge in [-0.15, -0.1) is 0 Å². The molecule has 0 saturated heterocycles. The van der Waals surface area contributed by atoms with Gasteiger partial charge in [0.05, 0.1) is 17.8 Å². The highest BCUT2D eigenvalue weighted by Gasteiger charge is 2.14. The number of rotatable bonds is 9. The van der Waals surface area contributed by atoms with Gasteiger partial charge in [0.2, 0.25) is 0 Å². The van der Waals surface area contributed by atoms with E-state index in [-0.39, 0.29) is 17.9 Å². The number of hydrogen-bond donors (Lipinski definition) is 2. The van der Waals surface area contributed by atoms with E-state index in [1.807, 2.05) is 40.8 Å². The zero-order valence-corrected chi connectivity index (χ0v) is 18.4. The third kappa shape index (κ3) is 6.38. The lowest BCUT2D eigenvalue weighted by Crippen LogP contribution is -2.23. The molecule has 0 saturated carbocycles. The highest BCUT2D eigenvalue weighted by atomic mass is 127. The summed E-state index contributed by atoms with van der Waals surface area (Å²) < 4.78 is 16.2. The van der Waals surface area contributed by atoms with Crippen molar-refractivity contribution in [3.05, 3.63) is 56.7 Å². The monoisotopic (exact) mass is 522 g/mol. The van der Waals surface area contributed by atoms with Gasteiger partial charge in [-0.25, -0.2) is 4.79 Å². The molecule has 2 aromatic rings. The molecule has 2 N–H and O–H groups in total. The van der Waals surface area contributed by atoms with E-state index in [4.69, 9.17) is 19.3 Å². The van der Waals surface area contributed by atoms with Crippen LogP contribution in [0.15, 0.2) is 42.0 Å². The average Bonchev–Trinajstić information content (AvgIpc) is 2.74. The normalized spacial score (nSPS) is 10.7. The lowest BCUT2D eigenvalue weighted by Gasteiger charge is -2.12. The van der Waals surface area contributed by atoms with Crippen LogP contribution in [0.2, 0.25) is 0 Å². The Hall–Kier alpha value is -3.26. The maximum absolute atomic E-state index is 12.4. The number of carbonyl (C=O) groups is 2. The van der Waals surface area contributed by atoms with Crippen molar-refractivity contribution in [3.8, 4) is 23.3 Å². The molecule has 2 aromatic carbocycles. The number of amides is 1. The van der Waals surface area contributed by atoms with Gasteiger partial charge in [0.1, 0.15) is 17.4 Å². The highest BCUT2D eigenvalue weighted by Crippen LogP contribution is 2.34. The second-order valence-electron chi connectivity index (χ2n) is 5.92. The Balaban J connectivity index is 2.17. The lowest BCUT2D eigenvalue weighted by molar-refractivity contribution is -0.139. The number of aliphatic carboxylic acids is 1. The molecule has 0 aliphatic carbocycles. The van der Waals surface area contributed by atoms with Crippen molar-refractivity contribution in [3.63, 3.8) is 0 Å². The summed E-state index contributed by atoms with van der Waals surface area (Å²) in [6.07, 6.45) is 1.43. The smallest absolute Gasteiger partial charge is 0.341 e. The van der Waals surface area contributed by atoms with Crippen molar-refractivity contribution in [1.29, 1.82) is 5.26 Å². The largest absolute Gasteiger partial charge is 0.497 e. The third-order valence-electron chi connectivity index (χ3n) is 3.88. The molecule has 0 fully saturated rings. The summed E-state index contributed by atoms with van der Waals surface area (Å²) in [6, 6.07) is 12.3. The Morgan fingerprint density at radius 1 is 1.20 bits per heavy atom. The summed E-state index contributed by atoms with van der Waals surface area (Å²) in [6.45, 7) is -0.260. The molecule has 0 spiro atoms. The van der Waals surface area contributed by atoms with Crippen LogP contribution in [0.3, 0.4) is 0 Å². The lowest BCUT2D eigenvalue weighted by atomic mass is 10.1. The van der Waals surface area contributed by atoms with Crippen molar-refractivity contribution in [2.75, 3.05) is 20.8 Å². The van der Waals surface area contributed by atoms with Crippen LogP contribution in [0, 0.1) is 14.9 Å². The van der Waals surface area contributed by atoms with E-state index in [1.165, 1.54) is 13.2 Å². The highest BCUT2D eigenvalue weighted by molar-refractivity contribution is 14.1. The minimum atomic E-state index is -1.11. The maximum Gasteiger partial charge on any atom is 0.341 e. The van der Waals surface area contributed by atoms with E-state index in [2.05, 4.69) is 5.32 Å². The molecule has 2 rings (SSSR count). The summed E-state index contributed by atoms with van der Waals surface area (Å²) in [4.78, 5) is 23.2. The van der Waals surface area contributed by atoms with E-state index in [0.29, 0.717) is 20.6 Å². The summed E-state index contributed by atoms with van der Waals surface area (Å²) in [5.74, 6) is -0.349. The number of methoxy groups -OCH3 is 2. The number of carboxylic acids is 1. The Bertz CT molecular complexity index is 996. The molecule has 0 atom stereocenters. The molecule has 0 bridgehead atoms. The van der Waals surface area contributed by atoms with Crippen LogP contribution in [0.5, 0.6) is 17.2 Å². The van der Waals surface area contributed by atoms with Crippen LogP contribution < -0.4 is 19.5 Å². The number of nitrogens with one attached hydrogen (secondary N) is 1. The van der Waals surface area contributed by atoms with Crippen LogP contribution in [0.25, 0.3) is 6.08 Å². The van der Waals surface area contributed by atoms with Crippen LogP contribution >= 0.6 is 22.6 Å². The molecular weight excluding hydrogens is 503 g/mol. The fourth-order valence-electron chi connectivity index (χ4n) is 2.43. The zero-order chi connectivity index (χ0) is 22.1. The van der Waals surface area contributed by atoms with Crippen molar-refractivity contribution < 1.29 is 28.9 Å². The van der Waals surface area contributed by atoms with Crippen molar-refractivity contribution in [2.45, 2.75) is 6.54 Å². The molecular formula is C21H19IN2O6. The van der Waals surface area contributed by atoms with Crippen LogP contribution in [-0.4, -0.2) is 37.8 Å². The molecule has 30 heavy (non-hydrogen) atoms. The molecule has 0 aromatic heterocycles. The van der Waals surface area contributed by atoms with Gasteiger partial charge in [0.15, 0.2) is 18.1 Å². The number of carboxylic acid groups (broad SMARTS) is 1. The standard InChI is InChI=1S/C21H19IN2O6/c1-28-16-5-3-13(4-6-16)11-24-21(27)15(10-23)7-14-8-17(22)20(18(9-14)29-2)30-12-19(25)26/h3-9H,11-12H2,1-2H3,(H,24,27)(H,25,26)/b15-7-. The molecule has 1 amide bonds. The predicted molar refractivity (Wildman–Crippen MR) is 117 cm³/mol. The van der Waals surface area contributed by atoms with Crippen molar-refractivity contribution in [2.24, 2.45) is 0 Å². The number of nitriles is 1. The third-order valence-corrected chi connectivity index (χ3v) is 4.68. The number of halogens is 1. The van der Waals surface area contributed by atoms with E-state index in [1.54, 1.807) is 31.4 Å². The van der Waals surface area contributed by atoms with Gasteiger partial charge in [-0.3, -0.25) is 4.79 Å². The summed E-state index contributed by atoms with van der Waals surface area (Å²) in [5.41, 5.74) is 1.31. The number of ether oxygens (including phenoxy) is 3. The van der Waals surface area contributed by atoms with E-state index < -0.39 is 18.5 Å². The summed E-state index contributed by atoms with van der Waals surface area (Å²) in [5, 5.41) is 20.9. The van der Waals surface area contributed by atoms with Gasteiger partial charge < -0.3 is 24.6 Å². The molecule has 9 heteroatoms. The Morgan fingerprint density at radius 2 is 1.90 bits per heavy atom. The second kappa shape index (κ2) is 11.1. The molecule has 0 radical (unpaired) electrons. The van der Waals surface area contributed by atoms with Crippen LogP contribution in [0.1, 0.15) is 11.1 Å². The number of benzene rings is 2. The molecule has 0 heterocycles. The minimum absolute atomic E-state index is 0.0828. The molecule has 8 nitrogen and oxygen atoms in total. The number of carbonyl (C=O) groups excluding carboxylic acids is 1. The molecule has 156 valence electrons. The first-order chi connectivity index (χ1) is 14.4. The fraction of sp³-hybridized carbons (Fsp3) is 0.190. The van der Waals surface area contributed by atoms with E-state index in [9.17, 15) is 14.9 Å². The van der Waals surface area contributed by atoms with Crippen molar-refractivity contribution in [1.82, 2.24) is 5.32 Å². The first-order valence-electron chi connectivity index (χ1n) is 8.63. The average molecular weight is 522 g/mol.